The number of benzene rings is 2. The molecule has 0 unspecified atom stereocenters. The highest BCUT2D eigenvalue weighted by Crippen LogP contribution is 2.33. The average Bonchev–Trinajstić information content (AvgIpc) is 3.08. The summed E-state index contributed by atoms with van der Waals surface area (Å²) < 4.78 is 19.3. The Kier molecular flexibility index (Phi) is 4.64. The number of amides is 1. The van der Waals surface area contributed by atoms with E-state index in [9.17, 15) is 9.18 Å². The van der Waals surface area contributed by atoms with Gasteiger partial charge < -0.3 is 10.1 Å². The zero-order valence-electron chi connectivity index (χ0n) is 14.9. The van der Waals surface area contributed by atoms with Crippen LogP contribution in [0.2, 0.25) is 0 Å². The number of rotatable bonds is 4. The van der Waals surface area contributed by atoms with Crippen molar-refractivity contribution in [2.45, 2.75) is 31.8 Å². The summed E-state index contributed by atoms with van der Waals surface area (Å²) in [7, 11) is 1.69. The number of ether oxygens (including phenoxy) is 1. The minimum Gasteiger partial charge on any atom is -0.496 e. The van der Waals surface area contributed by atoms with Gasteiger partial charge >= 0.3 is 0 Å². The number of aryl methyl sites for hydroxylation is 2. The molecule has 4 rings (SSSR count). The van der Waals surface area contributed by atoms with Crippen LogP contribution in [0.5, 0.6) is 5.75 Å². The maximum Gasteiger partial charge on any atom is 0.242 e. The summed E-state index contributed by atoms with van der Waals surface area (Å²) in [5.74, 6) is 0.465. The second kappa shape index (κ2) is 7.08. The van der Waals surface area contributed by atoms with Crippen molar-refractivity contribution in [3.8, 4) is 5.75 Å². The molecule has 1 aliphatic heterocycles. The number of hydrogen-bond acceptors (Lipinski definition) is 3. The third-order valence-corrected chi connectivity index (χ3v) is 5.34. The van der Waals surface area contributed by atoms with E-state index in [1.165, 1.54) is 29.7 Å². The van der Waals surface area contributed by atoms with Gasteiger partial charge in [-0.15, -0.1) is 0 Å². The number of nitrogens with zero attached hydrogens (tertiary/aromatic N) is 1. The molecule has 1 amide bonds. The van der Waals surface area contributed by atoms with E-state index in [0.717, 1.165) is 24.2 Å². The van der Waals surface area contributed by atoms with Crippen LogP contribution in [0.3, 0.4) is 0 Å². The van der Waals surface area contributed by atoms with Crippen molar-refractivity contribution in [2.75, 3.05) is 20.2 Å². The van der Waals surface area contributed by atoms with Crippen molar-refractivity contribution in [3.63, 3.8) is 0 Å². The highest BCUT2D eigenvalue weighted by atomic mass is 19.1. The van der Waals surface area contributed by atoms with E-state index in [1.807, 2.05) is 6.07 Å². The fraction of sp³-hybridized carbons (Fsp3) is 0.381. The number of carbonyl (C=O) groups is 1. The second-order valence-corrected chi connectivity index (χ2v) is 7.01. The average molecular weight is 354 g/mol. The maximum absolute atomic E-state index is 13.7. The second-order valence-electron chi connectivity index (χ2n) is 7.01. The molecule has 1 fully saturated rings. The minimum atomic E-state index is -0.489. The van der Waals surface area contributed by atoms with Gasteiger partial charge in [-0.1, -0.05) is 18.2 Å². The van der Waals surface area contributed by atoms with Crippen LogP contribution in [0, 0.1) is 5.82 Å². The van der Waals surface area contributed by atoms with Crippen LogP contribution < -0.4 is 10.1 Å². The topological polar surface area (TPSA) is 41.6 Å². The molecular formula is C21H23FN2O2. The zero-order chi connectivity index (χ0) is 18.1. The smallest absolute Gasteiger partial charge is 0.242 e. The quantitative estimate of drug-likeness (QED) is 0.918. The molecule has 2 aromatic rings. The van der Waals surface area contributed by atoms with Gasteiger partial charge in [-0.25, -0.2) is 4.39 Å². The molecule has 0 radical (unpaired) electrons. The van der Waals surface area contributed by atoms with Crippen molar-refractivity contribution < 1.29 is 13.9 Å². The highest BCUT2D eigenvalue weighted by Gasteiger charge is 2.32. The van der Waals surface area contributed by atoms with E-state index in [0.29, 0.717) is 25.2 Å². The molecule has 2 aliphatic rings. The van der Waals surface area contributed by atoms with Gasteiger partial charge in [0.1, 0.15) is 17.6 Å². The van der Waals surface area contributed by atoms with E-state index in [-0.39, 0.29) is 11.7 Å². The minimum absolute atomic E-state index is 0.0815. The number of piperazine rings is 1. The fourth-order valence-electron chi connectivity index (χ4n) is 4.11. The Morgan fingerprint density at radius 1 is 1.23 bits per heavy atom. The predicted octanol–water partition coefficient (Wildman–Crippen LogP) is 3.00. The van der Waals surface area contributed by atoms with Crippen LogP contribution in [0.25, 0.3) is 0 Å². The third-order valence-electron chi connectivity index (χ3n) is 5.34. The Morgan fingerprint density at radius 2 is 2.04 bits per heavy atom. The summed E-state index contributed by atoms with van der Waals surface area (Å²) >= 11 is 0. The van der Waals surface area contributed by atoms with Crippen LogP contribution in [0.1, 0.15) is 34.7 Å². The number of hydrogen-bond donors (Lipinski definition) is 1. The summed E-state index contributed by atoms with van der Waals surface area (Å²) in [6, 6.07) is 10.2. The predicted molar refractivity (Wildman–Crippen MR) is 97.6 cm³/mol. The first-order chi connectivity index (χ1) is 12.7. The lowest BCUT2D eigenvalue weighted by atomic mass is 9.99. The molecule has 2 aromatic carbocycles. The lowest BCUT2D eigenvalue weighted by Crippen LogP contribution is -2.49. The van der Waals surface area contributed by atoms with E-state index in [1.54, 1.807) is 13.2 Å². The van der Waals surface area contributed by atoms with Crippen molar-refractivity contribution in [1.82, 2.24) is 10.2 Å². The van der Waals surface area contributed by atoms with Gasteiger partial charge in [-0.05, 0) is 54.2 Å². The molecule has 0 aromatic heterocycles. The summed E-state index contributed by atoms with van der Waals surface area (Å²) in [6.07, 6.45) is 3.38. The fourth-order valence-corrected chi connectivity index (χ4v) is 4.11. The Bertz CT molecular complexity index is 837. The Morgan fingerprint density at radius 3 is 2.81 bits per heavy atom. The van der Waals surface area contributed by atoms with Crippen LogP contribution in [-0.2, 0) is 24.2 Å². The first-order valence-corrected chi connectivity index (χ1v) is 9.11. The van der Waals surface area contributed by atoms with Crippen LogP contribution in [0.15, 0.2) is 36.4 Å². The SMILES string of the molecule is COc1cc2c(cc1CN1CCNC(=O)[C@H]1c1cccc(F)c1)CCC2. The summed E-state index contributed by atoms with van der Waals surface area (Å²) in [5.41, 5.74) is 4.51. The molecule has 26 heavy (non-hydrogen) atoms. The molecule has 0 spiro atoms. The molecular weight excluding hydrogens is 331 g/mol. The molecule has 1 atom stereocenters. The number of fused-ring (bicyclic) bond motifs is 1. The first-order valence-electron chi connectivity index (χ1n) is 9.11. The molecule has 4 nitrogen and oxygen atoms in total. The van der Waals surface area contributed by atoms with E-state index < -0.39 is 6.04 Å². The summed E-state index contributed by atoms with van der Waals surface area (Å²) in [6.45, 7) is 1.91. The highest BCUT2D eigenvalue weighted by molar-refractivity contribution is 5.83. The molecule has 1 aliphatic carbocycles. The Labute approximate surface area is 153 Å². The van der Waals surface area contributed by atoms with Crippen molar-refractivity contribution in [2.24, 2.45) is 0 Å². The van der Waals surface area contributed by atoms with Crippen molar-refractivity contribution >= 4 is 5.91 Å². The van der Waals surface area contributed by atoms with Gasteiger partial charge in [0.05, 0.1) is 7.11 Å². The van der Waals surface area contributed by atoms with Crippen LogP contribution in [-0.4, -0.2) is 31.0 Å². The summed E-state index contributed by atoms with van der Waals surface area (Å²) in [4.78, 5) is 14.6. The van der Waals surface area contributed by atoms with E-state index in [2.05, 4.69) is 22.3 Å². The molecule has 0 saturated carbocycles. The molecule has 1 saturated heterocycles. The van der Waals surface area contributed by atoms with Gasteiger partial charge in [0.25, 0.3) is 0 Å². The molecule has 0 bridgehead atoms. The van der Waals surface area contributed by atoms with E-state index >= 15 is 0 Å². The number of nitrogens with one attached hydrogen (secondary N) is 1. The molecule has 1 heterocycles. The molecule has 5 heteroatoms. The first kappa shape index (κ1) is 17.0. The van der Waals surface area contributed by atoms with Gasteiger partial charge in [-0.2, -0.15) is 0 Å². The zero-order valence-corrected chi connectivity index (χ0v) is 14.9. The van der Waals surface area contributed by atoms with Gasteiger partial charge in [0.15, 0.2) is 0 Å². The lowest BCUT2D eigenvalue weighted by molar-refractivity contribution is -0.129. The van der Waals surface area contributed by atoms with Gasteiger partial charge in [-0.3, -0.25) is 9.69 Å². The van der Waals surface area contributed by atoms with E-state index in [4.69, 9.17) is 4.74 Å². The molecule has 1 N–H and O–H groups in total. The van der Waals surface area contributed by atoms with Gasteiger partial charge in [0.2, 0.25) is 5.91 Å². The summed E-state index contributed by atoms with van der Waals surface area (Å²) in [5, 5.41) is 2.90. The number of carbonyl (C=O) groups excluding carboxylic acids is 1. The van der Waals surface area contributed by atoms with Crippen molar-refractivity contribution in [1.29, 1.82) is 0 Å². The van der Waals surface area contributed by atoms with Crippen molar-refractivity contribution in [3.05, 3.63) is 64.5 Å². The van der Waals surface area contributed by atoms with Gasteiger partial charge in [0, 0.05) is 25.2 Å². The number of methoxy groups -OCH3 is 1. The van der Waals surface area contributed by atoms with Crippen LogP contribution in [0.4, 0.5) is 4.39 Å². The molecule has 136 valence electrons. The largest absolute Gasteiger partial charge is 0.496 e. The normalized spacial score (nSPS) is 19.9. The Hall–Kier alpha value is -2.40. The lowest BCUT2D eigenvalue weighted by Gasteiger charge is -2.35. The third kappa shape index (κ3) is 3.19. The monoisotopic (exact) mass is 354 g/mol. The Balaban J connectivity index is 1.66. The number of halogens is 1. The van der Waals surface area contributed by atoms with Crippen LogP contribution >= 0.6 is 0 Å². The standard InChI is InChI=1S/C21H23FN2O2/c1-26-19-12-15-5-2-4-14(15)10-17(19)13-24-9-8-23-21(25)20(24)16-6-3-7-18(22)11-16/h3,6-7,10-12,20H,2,4-5,8-9,13H2,1H3,(H,23,25)/t20-/m1/s1. The maximum atomic E-state index is 13.7.